The first kappa shape index (κ1) is 54.6. The molecule has 2 aliphatic rings. The van der Waals surface area contributed by atoms with Gasteiger partial charge in [-0.25, -0.2) is 27.0 Å². The minimum absolute atomic E-state index is 0.0226. The number of nitrogens with zero attached hydrogens (tertiary/aromatic N) is 8. The number of H-pyrrole nitrogens is 2. The Kier molecular flexibility index (Phi) is 18.6. The molecule has 16 nitrogen and oxygen atoms in total. The number of aromatic amines is 2. The van der Waals surface area contributed by atoms with E-state index in [1.807, 2.05) is 57.0 Å². The molecule has 0 radical (unpaired) electrons. The third kappa shape index (κ3) is 13.5. The van der Waals surface area contributed by atoms with Gasteiger partial charge in [-0.1, -0.05) is 13.8 Å². The molecule has 0 saturated heterocycles. The fraction of sp³-hybridized carbons (Fsp3) is 0.300. The van der Waals surface area contributed by atoms with Crippen LogP contribution in [0.2, 0.25) is 0 Å². The molecule has 1 amide bonds. The Bertz CT molecular complexity index is 3160. The molecule has 2 aliphatic heterocycles. The molecular weight excluding hydrogens is 999 g/mol. The number of hydrogen-bond donors (Lipinski definition) is 5. The number of hydrogen-bond acceptors (Lipinski definition) is 10. The quantitative estimate of drug-likeness (QED) is 0.0152. The number of amides is 1. The summed E-state index contributed by atoms with van der Waals surface area (Å²) in [5.41, 5.74) is 4.86. The molecule has 5 N–H and O–H groups in total. The zero-order chi connectivity index (χ0) is 52.9. The number of fused-ring (bicyclic) bond motifs is 1. The molecule has 8 rings (SSSR count). The smallest absolute Gasteiger partial charge is 0.369 e. The summed E-state index contributed by atoms with van der Waals surface area (Å²) in [4.78, 5) is 25.8. The van der Waals surface area contributed by atoms with E-state index in [2.05, 4.69) is 46.6 Å². The van der Waals surface area contributed by atoms with Crippen LogP contribution in [0, 0.1) is 22.7 Å². The second-order valence-corrected chi connectivity index (χ2v) is 20.5. The summed E-state index contributed by atoms with van der Waals surface area (Å²) in [5.74, 6) is 0.573. The molecule has 2 aromatic carbocycles. The minimum Gasteiger partial charge on any atom is -0.369 e. The van der Waals surface area contributed by atoms with Crippen molar-refractivity contribution >= 4 is 55.9 Å². The van der Waals surface area contributed by atoms with Crippen LogP contribution in [0.4, 0.5) is 33.4 Å². The lowest BCUT2D eigenvalue weighted by molar-refractivity contribution is -0.341. The van der Waals surface area contributed by atoms with Crippen molar-refractivity contribution in [3.63, 3.8) is 0 Å². The van der Waals surface area contributed by atoms with Crippen LogP contribution < -0.4 is 20.3 Å². The zero-order valence-corrected chi connectivity index (χ0v) is 42.6. The number of carbonyl (C=O) groups is 1. The molecule has 0 saturated carbocycles. The van der Waals surface area contributed by atoms with Crippen LogP contribution in [0.5, 0.6) is 0 Å². The largest absolute Gasteiger partial charge is 0.934 e. The summed E-state index contributed by atoms with van der Waals surface area (Å²) in [6.07, 6.45) is 5.87. The molecule has 6 aromatic rings. The molecule has 2 atom stereocenters. The van der Waals surface area contributed by atoms with Crippen LogP contribution in [0.3, 0.4) is 0 Å². The second kappa shape index (κ2) is 25.2. The summed E-state index contributed by atoms with van der Waals surface area (Å²) in [5, 5.41) is 33.0. The van der Waals surface area contributed by atoms with E-state index in [1.54, 1.807) is 60.2 Å². The summed E-state index contributed by atoms with van der Waals surface area (Å²) >= 11 is 0. The van der Waals surface area contributed by atoms with E-state index in [9.17, 15) is 36.1 Å². The third-order valence-corrected chi connectivity index (χ3v) is 14.3. The van der Waals surface area contributed by atoms with Crippen molar-refractivity contribution in [2.24, 2.45) is 7.05 Å². The lowest BCUT2D eigenvalue weighted by atomic mass is 9.97. The van der Waals surface area contributed by atoms with E-state index in [0.29, 0.717) is 57.4 Å². The number of alkyl halides is 3. The van der Waals surface area contributed by atoms with Gasteiger partial charge in [-0.3, -0.25) is 9.69 Å². The highest BCUT2D eigenvalue weighted by molar-refractivity contribution is 7.83. The number of aromatic nitrogens is 6. The monoisotopic (exact) mass is 1050 g/mol. The summed E-state index contributed by atoms with van der Waals surface area (Å²) in [7, 11) is -2.77. The Hall–Kier alpha value is -7.14. The molecule has 24 heteroatoms. The van der Waals surface area contributed by atoms with Crippen molar-refractivity contribution in [3.8, 4) is 46.0 Å². The Morgan fingerprint density at radius 2 is 1.85 bits per heavy atom. The van der Waals surface area contributed by atoms with E-state index in [1.165, 1.54) is 17.3 Å². The molecule has 4 aromatic heterocycles. The normalized spacial score (nSPS) is 14.4. The number of carbonyl (C=O) groups excluding carboxylic acids is 1. The summed E-state index contributed by atoms with van der Waals surface area (Å²) < 4.78 is 93.2. The van der Waals surface area contributed by atoms with Gasteiger partial charge < -0.3 is 29.7 Å². The van der Waals surface area contributed by atoms with Gasteiger partial charge in [0.15, 0.2) is 17.2 Å². The van der Waals surface area contributed by atoms with Gasteiger partial charge in [0.2, 0.25) is 0 Å². The first-order valence-corrected chi connectivity index (χ1v) is 26.7. The lowest BCUT2D eigenvalue weighted by Crippen LogP contribution is -2.27. The van der Waals surface area contributed by atoms with E-state index in [-0.39, 0.29) is 61.9 Å². The number of halogens is 5. The van der Waals surface area contributed by atoms with Crippen molar-refractivity contribution < 1.29 is 39.8 Å². The number of nitrogens with one attached hydrogen (secondary N) is 5. The molecule has 0 aliphatic carbocycles. The predicted molar refractivity (Wildman–Crippen MR) is 278 cm³/mol. The van der Waals surface area contributed by atoms with E-state index < -0.39 is 44.2 Å². The van der Waals surface area contributed by atoms with Gasteiger partial charge >= 0.3 is 13.6 Å². The first-order valence-electron chi connectivity index (χ1n) is 23.5. The van der Waals surface area contributed by atoms with Crippen molar-refractivity contribution in [1.29, 1.82) is 10.5 Å². The molecule has 6 heterocycles. The fourth-order valence-corrected chi connectivity index (χ4v) is 9.36. The Labute approximate surface area is 429 Å². The average molecular weight is 1050 g/mol. The Balaban J connectivity index is 0.000000233. The standard InChI is InChI=1S/C31H28F3N9O.C19H24BF2N4O2PS/c1-3-8-37-16-20-11-24-25(26(12-20)31(32,33)34)17-43(30(24)44)28-14-21(13-27(40-28)38-9-4-7-35)23-10-19(15-36)5-6-22(23)29-41-39-18-42(29)2;1-3-29(2)28-14-24-30(27)12-10-16-7-8-17(26(16)20(21)22)13-15-6-9-19(25-15)18-5-4-11-23-18/h5-6,10-14,18,37H,3-4,8-9,16-17H2,1-2H3,(H,38,40);4-9,11,13,24H,3,10,12,14H2,1-2H3,(H,23,25)/p+1. The fourth-order valence-electron chi connectivity index (χ4n) is 8.08. The maximum atomic E-state index is 14.2. The van der Waals surface area contributed by atoms with Crippen molar-refractivity contribution in [1.82, 2.24) is 39.8 Å². The van der Waals surface area contributed by atoms with Gasteiger partial charge in [-0.05, 0) is 115 Å². The highest BCUT2D eigenvalue weighted by atomic mass is 32.2. The molecule has 0 spiro atoms. The number of rotatable bonds is 21. The van der Waals surface area contributed by atoms with Crippen LogP contribution >= 0.6 is 8.15 Å². The second-order valence-electron chi connectivity index (χ2n) is 16.9. The van der Waals surface area contributed by atoms with E-state index in [0.717, 1.165) is 40.2 Å². The number of pyridine rings is 1. The summed E-state index contributed by atoms with van der Waals surface area (Å²) in [6, 6.07) is 22.7. The molecule has 384 valence electrons. The SMILES string of the molecule is CCCNCc1cc2c(c(C(F)(F)F)c1)CN(c1cc(-c3cc(C#N)ccc3-c3nncn3C)cc(NCCC#N)n1)C2=O.CCP(C)OCNS(=O)CCC1=[N+](B(F)F)/C(=C\c2ccc(-c3ccc[nH]3)[nH]2)C=C1. The van der Waals surface area contributed by atoms with Crippen LogP contribution in [-0.4, -0.2) is 95.8 Å². The van der Waals surface area contributed by atoms with Gasteiger partial charge in [0.05, 0.1) is 58.6 Å². The average Bonchev–Trinajstić information content (AvgIpc) is 4.26. The van der Waals surface area contributed by atoms with Crippen LogP contribution in [-0.2, 0) is 41.8 Å². The first-order chi connectivity index (χ1) is 35.6. The van der Waals surface area contributed by atoms with Crippen molar-refractivity contribution in [3.05, 3.63) is 131 Å². The minimum atomic E-state index is -4.66. The van der Waals surface area contributed by atoms with Gasteiger partial charge in [0, 0.05) is 81.7 Å². The number of benzene rings is 2. The lowest BCUT2D eigenvalue weighted by Gasteiger charge is -2.19. The number of aryl methyl sites for hydroxylation is 1. The molecule has 2 unspecified atom stereocenters. The van der Waals surface area contributed by atoms with Gasteiger partial charge in [0.1, 0.15) is 24.7 Å². The maximum Gasteiger partial charge on any atom is 0.934 e. The number of nitriles is 2. The van der Waals surface area contributed by atoms with E-state index >= 15 is 0 Å². The third-order valence-electron chi connectivity index (χ3n) is 11.8. The topological polar surface area (TPSA) is 208 Å². The van der Waals surface area contributed by atoms with E-state index in [4.69, 9.17) is 9.79 Å². The summed E-state index contributed by atoms with van der Waals surface area (Å²) in [6.45, 7) is 6.93. The zero-order valence-electron chi connectivity index (χ0n) is 40.9. The molecule has 0 bridgehead atoms. The Morgan fingerprint density at radius 1 is 1.03 bits per heavy atom. The number of anilines is 2. The predicted octanol–water partition coefficient (Wildman–Crippen LogP) is 9.38. The van der Waals surface area contributed by atoms with Gasteiger partial charge in [-0.15, -0.1) is 10.2 Å². The molecule has 0 fully saturated rings. The van der Waals surface area contributed by atoms with Crippen LogP contribution in [0.1, 0.15) is 71.4 Å². The molecular formula is C50H53BF5N13O3PS+. The highest BCUT2D eigenvalue weighted by Crippen LogP contribution is 2.41. The van der Waals surface area contributed by atoms with Crippen LogP contribution in [0.25, 0.3) is 40.0 Å². The Morgan fingerprint density at radius 3 is 2.54 bits per heavy atom. The molecule has 74 heavy (non-hydrogen) atoms. The maximum absolute atomic E-state index is 14.2. The van der Waals surface area contributed by atoms with Crippen LogP contribution in [0.15, 0.2) is 97.1 Å². The number of allylic oxidation sites excluding steroid dienone is 2. The van der Waals surface area contributed by atoms with Crippen molar-refractivity contribution in [2.75, 3.05) is 48.6 Å². The van der Waals surface area contributed by atoms with Gasteiger partial charge in [-0.2, -0.15) is 23.7 Å². The highest BCUT2D eigenvalue weighted by Gasteiger charge is 2.42. The van der Waals surface area contributed by atoms with Gasteiger partial charge in [0.25, 0.3) is 5.91 Å². The van der Waals surface area contributed by atoms with Crippen molar-refractivity contribution in [2.45, 2.75) is 52.4 Å².